The molecule has 2 aliphatic rings. The van der Waals surface area contributed by atoms with Gasteiger partial charge < -0.3 is 14.7 Å². The molecule has 25 heavy (non-hydrogen) atoms. The van der Waals surface area contributed by atoms with Gasteiger partial charge in [0.15, 0.2) is 0 Å². The van der Waals surface area contributed by atoms with Crippen molar-refractivity contribution in [2.45, 2.75) is 18.9 Å². The number of nitrogens with zero attached hydrogens (tertiary/aromatic N) is 5. The Morgan fingerprint density at radius 3 is 2.52 bits per heavy atom. The molecule has 0 bridgehead atoms. The zero-order valence-electron chi connectivity index (χ0n) is 13.9. The molecule has 1 saturated heterocycles. The second kappa shape index (κ2) is 6.63. The lowest BCUT2D eigenvalue weighted by atomic mass is 10.0. The van der Waals surface area contributed by atoms with E-state index in [0.29, 0.717) is 6.04 Å². The number of piperidine rings is 1. The SMILES string of the molecule is CN1C=CN(C2CCN(c3ncc(Br)cn3)CC2)c2ccc(F)cc21. The zero-order chi connectivity index (χ0) is 17.4. The molecule has 1 aromatic carbocycles. The highest BCUT2D eigenvalue weighted by molar-refractivity contribution is 9.10. The number of anilines is 3. The van der Waals surface area contributed by atoms with Gasteiger partial charge in [0.1, 0.15) is 5.82 Å². The van der Waals surface area contributed by atoms with Gasteiger partial charge in [0, 0.05) is 51.0 Å². The summed E-state index contributed by atoms with van der Waals surface area (Å²) >= 11 is 3.37. The number of fused-ring (bicyclic) bond motifs is 1. The summed E-state index contributed by atoms with van der Waals surface area (Å²) in [6.07, 6.45) is 9.65. The smallest absolute Gasteiger partial charge is 0.225 e. The van der Waals surface area contributed by atoms with E-state index < -0.39 is 0 Å². The molecule has 0 spiro atoms. The molecule has 2 aromatic rings. The van der Waals surface area contributed by atoms with Crippen LogP contribution < -0.4 is 14.7 Å². The minimum atomic E-state index is -0.206. The number of rotatable bonds is 2. The van der Waals surface area contributed by atoms with E-state index in [2.05, 4.69) is 41.9 Å². The fourth-order valence-corrected chi connectivity index (χ4v) is 3.67. The largest absolute Gasteiger partial charge is 0.348 e. The summed E-state index contributed by atoms with van der Waals surface area (Å²) in [6.45, 7) is 1.81. The van der Waals surface area contributed by atoms with E-state index in [1.807, 2.05) is 24.2 Å². The Bertz CT molecular complexity index is 787. The first kappa shape index (κ1) is 16.3. The predicted octanol–water partition coefficient (Wildman–Crippen LogP) is 3.77. The zero-order valence-corrected chi connectivity index (χ0v) is 15.5. The molecule has 2 aliphatic heterocycles. The Morgan fingerprint density at radius 1 is 1.08 bits per heavy atom. The summed E-state index contributed by atoms with van der Waals surface area (Å²) in [7, 11) is 1.94. The molecule has 5 nitrogen and oxygen atoms in total. The van der Waals surface area contributed by atoms with Crippen molar-refractivity contribution < 1.29 is 4.39 Å². The molecule has 1 aromatic heterocycles. The minimum absolute atomic E-state index is 0.206. The number of hydrogen-bond donors (Lipinski definition) is 0. The molecule has 0 radical (unpaired) electrons. The molecule has 3 heterocycles. The molecular weight excluding hydrogens is 385 g/mol. The average Bonchev–Trinajstić information content (AvgIpc) is 2.63. The summed E-state index contributed by atoms with van der Waals surface area (Å²) in [6, 6.07) is 5.38. The maximum atomic E-state index is 13.6. The van der Waals surface area contributed by atoms with Crippen LogP contribution in [0.1, 0.15) is 12.8 Å². The average molecular weight is 404 g/mol. The molecule has 4 rings (SSSR count). The first-order chi connectivity index (χ1) is 12.1. The van der Waals surface area contributed by atoms with E-state index in [9.17, 15) is 4.39 Å². The molecule has 0 atom stereocenters. The van der Waals surface area contributed by atoms with Gasteiger partial charge in [-0.1, -0.05) is 0 Å². The summed E-state index contributed by atoms with van der Waals surface area (Å²) in [5, 5.41) is 0. The second-order valence-corrected chi connectivity index (χ2v) is 7.28. The van der Waals surface area contributed by atoms with E-state index in [0.717, 1.165) is 47.7 Å². The topological polar surface area (TPSA) is 35.5 Å². The van der Waals surface area contributed by atoms with Crippen molar-refractivity contribution in [2.24, 2.45) is 0 Å². The highest BCUT2D eigenvalue weighted by Gasteiger charge is 2.28. The van der Waals surface area contributed by atoms with Gasteiger partial charge in [-0.3, -0.25) is 0 Å². The van der Waals surface area contributed by atoms with Crippen molar-refractivity contribution >= 4 is 33.3 Å². The van der Waals surface area contributed by atoms with Crippen LogP contribution in [-0.4, -0.2) is 36.1 Å². The van der Waals surface area contributed by atoms with Crippen molar-refractivity contribution in [3.8, 4) is 0 Å². The van der Waals surface area contributed by atoms with Gasteiger partial charge in [-0.2, -0.15) is 0 Å². The maximum absolute atomic E-state index is 13.6. The standard InChI is InChI=1S/C18H19BrFN5/c1-23-8-9-25(16-3-2-14(20)10-17(16)23)15-4-6-24(7-5-15)18-21-11-13(19)12-22-18/h2-3,8-12,15H,4-7H2,1H3. The number of aromatic nitrogens is 2. The number of halogens is 2. The fraction of sp³-hybridized carbons (Fsp3) is 0.333. The van der Waals surface area contributed by atoms with Crippen molar-refractivity contribution in [1.82, 2.24) is 9.97 Å². The van der Waals surface area contributed by atoms with E-state index in [1.54, 1.807) is 18.5 Å². The third kappa shape index (κ3) is 3.20. The minimum Gasteiger partial charge on any atom is -0.348 e. The lowest BCUT2D eigenvalue weighted by molar-refractivity contribution is 0.484. The molecule has 7 heteroatoms. The van der Waals surface area contributed by atoms with Gasteiger partial charge in [0.2, 0.25) is 5.95 Å². The molecular formula is C18H19BrFN5. The van der Waals surface area contributed by atoms with Gasteiger partial charge in [-0.05, 0) is 47.0 Å². The van der Waals surface area contributed by atoms with Crippen molar-refractivity contribution in [3.63, 3.8) is 0 Å². The quantitative estimate of drug-likeness (QED) is 0.762. The highest BCUT2D eigenvalue weighted by atomic mass is 79.9. The number of benzene rings is 1. The predicted molar refractivity (Wildman–Crippen MR) is 101 cm³/mol. The third-order valence-corrected chi connectivity index (χ3v) is 5.20. The van der Waals surface area contributed by atoms with Crippen LogP contribution in [-0.2, 0) is 0 Å². The Labute approximate surface area is 154 Å². The van der Waals surface area contributed by atoms with Crippen LogP contribution in [0.4, 0.5) is 21.7 Å². The van der Waals surface area contributed by atoms with Crippen LogP contribution >= 0.6 is 15.9 Å². The van der Waals surface area contributed by atoms with Gasteiger partial charge >= 0.3 is 0 Å². The van der Waals surface area contributed by atoms with E-state index in [4.69, 9.17) is 0 Å². The Hall–Kier alpha value is -2.15. The fourth-order valence-electron chi connectivity index (χ4n) is 3.46. The monoisotopic (exact) mass is 403 g/mol. The van der Waals surface area contributed by atoms with Crippen LogP contribution in [0.3, 0.4) is 0 Å². The first-order valence-electron chi connectivity index (χ1n) is 8.33. The third-order valence-electron chi connectivity index (χ3n) is 4.79. The highest BCUT2D eigenvalue weighted by Crippen LogP contribution is 2.36. The summed E-state index contributed by atoms with van der Waals surface area (Å²) in [5.74, 6) is 0.570. The molecule has 0 aliphatic carbocycles. The van der Waals surface area contributed by atoms with Gasteiger partial charge in [-0.15, -0.1) is 0 Å². The van der Waals surface area contributed by atoms with Gasteiger partial charge in [0.05, 0.1) is 15.8 Å². The van der Waals surface area contributed by atoms with Crippen LogP contribution in [0.25, 0.3) is 0 Å². The Balaban J connectivity index is 1.49. The normalized spacial score (nSPS) is 17.8. The molecule has 0 N–H and O–H groups in total. The molecule has 1 fully saturated rings. The van der Waals surface area contributed by atoms with Gasteiger partial charge in [-0.25, -0.2) is 14.4 Å². The van der Waals surface area contributed by atoms with Crippen LogP contribution in [0.15, 0.2) is 47.5 Å². The molecule has 0 unspecified atom stereocenters. The number of hydrogen-bond acceptors (Lipinski definition) is 5. The van der Waals surface area contributed by atoms with E-state index >= 15 is 0 Å². The molecule has 0 amide bonds. The molecule has 130 valence electrons. The Morgan fingerprint density at radius 2 is 1.80 bits per heavy atom. The van der Waals surface area contributed by atoms with Crippen molar-refractivity contribution in [3.05, 3.63) is 53.3 Å². The van der Waals surface area contributed by atoms with E-state index in [-0.39, 0.29) is 5.82 Å². The van der Waals surface area contributed by atoms with Crippen molar-refractivity contribution in [1.29, 1.82) is 0 Å². The van der Waals surface area contributed by atoms with Crippen LogP contribution in [0.5, 0.6) is 0 Å². The first-order valence-corrected chi connectivity index (χ1v) is 9.12. The maximum Gasteiger partial charge on any atom is 0.225 e. The summed E-state index contributed by atoms with van der Waals surface area (Å²) < 4.78 is 14.5. The second-order valence-electron chi connectivity index (χ2n) is 6.37. The summed E-state index contributed by atoms with van der Waals surface area (Å²) in [4.78, 5) is 15.2. The lowest BCUT2D eigenvalue weighted by Gasteiger charge is -2.41. The van der Waals surface area contributed by atoms with Crippen LogP contribution in [0, 0.1) is 5.82 Å². The molecule has 0 saturated carbocycles. The lowest BCUT2D eigenvalue weighted by Crippen LogP contribution is -2.44. The van der Waals surface area contributed by atoms with Gasteiger partial charge in [0.25, 0.3) is 0 Å². The van der Waals surface area contributed by atoms with E-state index in [1.165, 1.54) is 6.07 Å². The van der Waals surface area contributed by atoms with Crippen molar-refractivity contribution in [2.75, 3.05) is 34.8 Å². The Kier molecular flexibility index (Phi) is 4.33. The van der Waals surface area contributed by atoms with Crippen LogP contribution in [0.2, 0.25) is 0 Å². The summed E-state index contributed by atoms with van der Waals surface area (Å²) in [5.41, 5.74) is 1.96.